The number of hydrogen-bond donors (Lipinski definition) is 1. The fraction of sp³-hybridized carbons (Fsp3) is 0. The molecule has 0 aliphatic heterocycles. The van der Waals surface area contributed by atoms with Gasteiger partial charge in [-0.05, 0) is 24.3 Å². The minimum atomic E-state index is -3.89. The maximum absolute atomic E-state index is 12.6. The largest absolute Gasteiger partial charge is 0.266 e. The van der Waals surface area contributed by atoms with E-state index in [4.69, 9.17) is 11.6 Å². The summed E-state index contributed by atoms with van der Waals surface area (Å²) in [6.45, 7) is 0. The van der Waals surface area contributed by atoms with Crippen LogP contribution in [0, 0.1) is 5.82 Å². The normalized spacial score (nSPS) is 11.2. The fourth-order valence-electron chi connectivity index (χ4n) is 1.20. The maximum Gasteiger partial charge on any atom is 0.266 e. The molecule has 2 rings (SSSR count). The highest BCUT2D eigenvalue weighted by atomic mass is 35.5. The highest BCUT2D eigenvalue weighted by molar-refractivity contribution is 7.92. The molecule has 0 aliphatic rings. The molecule has 0 bridgehead atoms. The van der Waals surface area contributed by atoms with Crippen LogP contribution in [0.3, 0.4) is 0 Å². The molecule has 0 spiro atoms. The van der Waals surface area contributed by atoms with Gasteiger partial charge in [-0.1, -0.05) is 11.6 Å². The number of nitrogens with zero attached hydrogens (tertiary/aromatic N) is 2. The zero-order valence-corrected chi connectivity index (χ0v) is 10.4. The Labute approximate surface area is 108 Å². The molecule has 0 atom stereocenters. The van der Waals surface area contributed by atoms with E-state index in [1.54, 1.807) is 0 Å². The lowest BCUT2D eigenvalue weighted by molar-refractivity contribution is 0.600. The lowest BCUT2D eigenvalue weighted by Crippen LogP contribution is -2.14. The van der Waals surface area contributed by atoms with E-state index in [0.29, 0.717) is 0 Å². The second kappa shape index (κ2) is 4.87. The molecule has 2 aromatic heterocycles. The van der Waals surface area contributed by atoms with Gasteiger partial charge in [-0.15, -0.1) is 0 Å². The third-order valence-electron chi connectivity index (χ3n) is 1.98. The van der Waals surface area contributed by atoms with Gasteiger partial charge in [0.1, 0.15) is 21.7 Å². The Kier molecular flexibility index (Phi) is 3.44. The Morgan fingerprint density at radius 3 is 2.61 bits per heavy atom. The number of aromatic nitrogens is 2. The Bertz CT molecular complexity index is 661. The van der Waals surface area contributed by atoms with Crippen LogP contribution in [0.4, 0.5) is 10.2 Å². The molecule has 1 N–H and O–H groups in total. The van der Waals surface area contributed by atoms with Gasteiger partial charge in [0.25, 0.3) is 10.0 Å². The summed E-state index contributed by atoms with van der Waals surface area (Å²) in [5.74, 6) is -0.561. The molecule has 0 unspecified atom stereocenters. The Morgan fingerprint density at radius 2 is 2.00 bits per heavy atom. The molecular weight excluding hydrogens is 281 g/mol. The van der Waals surface area contributed by atoms with Crippen molar-refractivity contribution in [3.63, 3.8) is 0 Å². The number of nitrogens with one attached hydrogen (secondary N) is 1. The van der Waals surface area contributed by atoms with E-state index < -0.39 is 15.8 Å². The SMILES string of the molecule is O=S(=O)(Nc1ccc(F)cn1)c1cccnc1Cl. The van der Waals surface area contributed by atoms with Gasteiger partial charge < -0.3 is 0 Å². The molecule has 18 heavy (non-hydrogen) atoms. The van der Waals surface area contributed by atoms with Crippen molar-refractivity contribution in [2.45, 2.75) is 4.90 Å². The predicted molar refractivity (Wildman–Crippen MR) is 64.3 cm³/mol. The van der Waals surface area contributed by atoms with Gasteiger partial charge in [0, 0.05) is 6.20 Å². The first kappa shape index (κ1) is 12.7. The number of anilines is 1. The van der Waals surface area contributed by atoms with Crippen LogP contribution in [0.2, 0.25) is 5.15 Å². The van der Waals surface area contributed by atoms with Crippen LogP contribution in [0.15, 0.2) is 41.6 Å². The van der Waals surface area contributed by atoms with Crippen molar-refractivity contribution in [1.29, 1.82) is 0 Å². The van der Waals surface area contributed by atoms with E-state index in [2.05, 4.69) is 14.7 Å². The number of rotatable bonds is 3. The van der Waals surface area contributed by atoms with E-state index >= 15 is 0 Å². The second-order valence-electron chi connectivity index (χ2n) is 3.26. The van der Waals surface area contributed by atoms with Crippen LogP contribution in [0.25, 0.3) is 0 Å². The summed E-state index contributed by atoms with van der Waals surface area (Å²) >= 11 is 5.69. The van der Waals surface area contributed by atoms with Crippen LogP contribution < -0.4 is 4.72 Å². The van der Waals surface area contributed by atoms with E-state index in [1.807, 2.05) is 0 Å². The Morgan fingerprint density at radius 1 is 1.22 bits per heavy atom. The predicted octanol–water partition coefficient (Wildman–Crippen LogP) is 2.07. The molecule has 0 saturated carbocycles. The van der Waals surface area contributed by atoms with Crippen LogP contribution in [-0.4, -0.2) is 18.4 Å². The first-order valence-corrected chi connectivity index (χ1v) is 6.60. The molecule has 94 valence electrons. The van der Waals surface area contributed by atoms with Crippen LogP contribution >= 0.6 is 11.6 Å². The summed E-state index contributed by atoms with van der Waals surface area (Å²) in [7, 11) is -3.89. The first-order chi connectivity index (χ1) is 8.49. The smallest absolute Gasteiger partial charge is 0.263 e. The lowest BCUT2D eigenvalue weighted by atomic mass is 10.5. The minimum Gasteiger partial charge on any atom is -0.263 e. The van der Waals surface area contributed by atoms with Gasteiger partial charge in [-0.2, -0.15) is 0 Å². The van der Waals surface area contributed by atoms with Crippen LogP contribution in [-0.2, 0) is 10.0 Å². The average molecular weight is 288 g/mol. The summed E-state index contributed by atoms with van der Waals surface area (Å²) in [5, 5.41) is -0.146. The van der Waals surface area contributed by atoms with Crippen molar-refractivity contribution in [2.24, 2.45) is 0 Å². The van der Waals surface area contributed by atoms with Gasteiger partial charge in [0.15, 0.2) is 0 Å². The number of hydrogen-bond acceptors (Lipinski definition) is 4. The highest BCUT2D eigenvalue weighted by Gasteiger charge is 2.18. The zero-order chi connectivity index (χ0) is 13.2. The molecular formula is C10H7ClFN3O2S. The Balaban J connectivity index is 2.33. The zero-order valence-electron chi connectivity index (χ0n) is 8.84. The second-order valence-corrected chi connectivity index (χ2v) is 5.27. The molecule has 0 amide bonds. The quantitative estimate of drug-likeness (QED) is 0.877. The molecule has 0 aromatic carbocycles. The van der Waals surface area contributed by atoms with Gasteiger partial charge in [-0.25, -0.2) is 22.8 Å². The molecule has 8 heteroatoms. The van der Waals surface area contributed by atoms with Crippen molar-refractivity contribution in [3.8, 4) is 0 Å². The number of pyridine rings is 2. The molecule has 0 saturated heterocycles. The topological polar surface area (TPSA) is 72.0 Å². The summed E-state index contributed by atoms with van der Waals surface area (Å²) < 4.78 is 38.7. The molecule has 2 heterocycles. The number of halogens is 2. The highest BCUT2D eigenvalue weighted by Crippen LogP contribution is 2.20. The van der Waals surface area contributed by atoms with Gasteiger partial charge in [-0.3, -0.25) is 4.72 Å². The molecule has 0 radical (unpaired) electrons. The molecule has 5 nitrogen and oxygen atoms in total. The summed E-state index contributed by atoms with van der Waals surface area (Å²) in [5.41, 5.74) is 0. The Hall–Kier alpha value is -1.73. The minimum absolute atomic E-state index is 0.00341. The van der Waals surface area contributed by atoms with Crippen molar-refractivity contribution >= 4 is 27.4 Å². The van der Waals surface area contributed by atoms with Gasteiger partial charge in [0.2, 0.25) is 0 Å². The van der Waals surface area contributed by atoms with E-state index in [0.717, 1.165) is 12.3 Å². The molecule has 0 aliphatic carbocycles. The van der Waals surface area contributed by atoms with E-state index in [9.17, 15) is 12.8 Å². The van der Waals surface area contributed by atoms with Crippen molar-refractivity contribution < 1.29 is 12.8 Å². The van der Waals surface area contributed by atoms with Crippen molar-refractivity contribution in [3.05, 3.63) is 47.6 Å². The lowest BCUT2D eigenvalue weighted by Gasteiger charge is -2.07. The molecule has 0 fully saturated rings. The molecule has 2 aromatic rings. The standard InChI is InChI=1S/C10H7ClFN3O2S/c11-10-8(2-1-5-13-10)18(16,17)15-9-4-3-7(12)6-14-9/h1-6H,(H,14,15). The van der Waals surface area contributed by atoms with Gasteiger partial charge >= 0.3 is 0 Å². The maximum atomic E-state index is 12.6. The van der Waals surface area contributed by atoms with Crippen molar-refractivity contribution in [2.75, 3.05) is 4.72 Å². The first-order valence-electron chi connectivity index (χ1n) is 4.74. The van der Waals surface area contributed by atoms with E-state index in [1.165, 1.54) is 24.4 Å². The number of sulfonamides is 1. The van der Waals surface area contributed by atoms with Crippen molar-refractivity contribution in [1.82, 2.24) is 9.97 Å². The van der Waals surface area contributed by atoms with Crippen LogP contribution in [0.5, 0.6) is 0 Å². The third kappa shape index (κ3) is 2.74. The monoisotopic (exact) mass is 287 g/mol. The van der Waals surface area contributed by atoms with E-state index in [-0.39, 0.29) is 15.9 Å². The average Bonchev–Trinajstić information content (AvgIpc) is 2.32. The van der Waals surface area contributed by atoms with Crippen LogP contribution in [0.1, 0.15) is 0 Å². The third-order valence-corrected chi connectivity index (χ3v) is 3.78. The van der Waals surface area contributed by atoms with Gasteiger partial charge in [0.05, 0.1) is 6.20 Å². The fourth-order valence-corrected chi connectivity index (χ4v) is 2.66. The summed E-state index contributed by atoms with van der Waals surface area (Å²) in [6, 6.07) is 5.05. The summed E-state index contributed by atoms with van der Waals surface area (Å²) in [4.78, 5) is 7.09. The summed E-state index contributed by atoms with van der Waals surface area (Å²) in [6.07, 6.45) is 2.28.